The second kappa shape index (κ2) is 12.7. The van der Waals surface area contributed by atoms with Crippen LogP contribution in [-0.4, -0.2) is 26.2 Å². The molecule has 0 amide bonds. The molecule has 0 unspecified atom stereocenters. The lowest BCUT2D eigenvalue weighted by molar-refractivity contribution is 0.410. The van der Waals surface area contributed by atoms with Gasteiger partial charge in [-0.05, 0) is 19.4 Å². The van der Waals surface area contributed by atoms with Crippen LogP contribution in [0.15, 0.2) is 29.3 Å². The van der Waals surface area contributed by atoms with E-state index in [1.807, 2.05) is 24.3 Å². The largest absolute Gasteiger partial charge is 0.496 e. The number of nitrogens with one attached hydrogen (secondary N) is 2. The molecule has 0 bridgehead atoms. The molecule has 2 N–H and O–H groups in total. The maximum atomic E-state index is 5.34. The van der Waals surface area contributed by atoms with Crippen molar-refractivity contribution < 1.29 is 4.74 Å². The normalized spacial score (nSPS) is 10.7. The fraction of sp³-hybridized carbons (Fsp3) is 0.562. The summed E-state index contributed by atoms with van der Waals surface area (Å²) in [5, 5.41) is 6.63. The van der Waals surface area contributed by atoms with Gasteiger partial charge in [0.1, 0.15) is 5.75 Å². The van der Waals surface area contributed by atoms with E-state index in [9.17, 15) is 0 Å². The molecule has 0 saturated carbocycles. The Morgan fingerprint density at radius 3 is 2.57 bits per heavy atom. The summed E-state index contributed by atoms with van der Waals surface area (Å²) in [6.07, 6.45) is 3.66. The van der Waals surface area contributed by atoms with Crippen molar-refractivity contribution in [1.29, 1.82) is 0 Å². The fourth-order valence-corrected chi connectivity index (χ4v) is 1.92. The number of methoxy groups -OCH3 is 1. The van der Waals surface area contributed by atoms with Crippen LogP contribution in [0.4, 0.5) is 0 Å². The summed E-state index contributed by atoms with van der Waals surface area (Å²) in [6.45, 7) is 6.73. The van der Waals surface area contributed by atoms with Crippen molar-refractivity contribution in [2.75, 3.05) is 20.2 Å². The molecule has 1 aromatic carbocycles. The van der Waals surface area contributed by atoms with Crippen molar-refractivity contribution in [1.82, 2.24) is 10.6 Å². The number of halogens is 1. The topological polar surface area (TPSA) is 45.7 Å². The van der Waals surface area contributed by atoms with Gasteiger partial charge >= 0.3 is 0 Å². The Balaban J connectivity index is 0.00000400. The first-order valence-electron chi connectivity index (χ1n) is 7.45. The molecule has 0 fully saturated rings. The summed E-state index contributed by atoms with van der Waals surface area (Å²) in [4.78, 5) is 4.60. The predicted molar refractivity (Wildman–Crippen MR) is 101 cm³/mol. The number of unbranched alkanes of at least 4 members (excludes halogenated alkanes) is 2. The molecule has 0 saturated heterocycles. The Morgan fingerprint density at radius 1 is 1.14 bits per heavy atom. The SMILES string of the molecule is CCCCCNC(=NCc1ccccc1OC)NCC.I. The third-order valence-electron chi connectivity index (χ3n) is 3.02. The number of hydrogen-bond acceptors (Lipinski definition) is 2. The number of benzene rings is 1. The van der Waals surface area contributed by atoms with E-state index in [0.717, 1.165) is 30.4 Å². The average molecular weight is 405 g/mol. The van der Waals surface area contributed by atoms with Crippen LogP contribution in [0.3, 0.4) is 0 Å². The molecule has 0 aromatic heterocycles. The first-order valence-corrected chi connectivity index (χ1v) is 7.45. The van der Waals surface area contributed by atoms with Crippen LogP contribution in [0.25, 0.3) is 0 Å². The second-order valence-electron chi connectivity index (χ2n) is 4.64. The minimum absolute atomic E-state index is 0. The van der Waals surface area contributed by atoms with Gasteiger partial charge in [0, 0.05) is 18.7 Å². The number of para-hydroxylation sites is 1. The molecular weight excluding hydrogens is 377 g/mol. The van der Waals surface area contributed by atoms with Crippen molar-refractivity contribution >= 4 is 29.9 Å². The fourth-order valence-electron chi connectivity index (χ4n) is 1.92. The molecular formula is C16H28IN3O. The van der Waals surface area contributed by atoms with Crippen molar-refractivity contribution in [2.24, 2.45) is 4.99 Å². The molecule has 1 rings (SSSR count). The lowest BCUT2D eigenvalue weighted by Crippen LogP contribution is -2.37. The van der Waals surface area contributed by atoms with Crippen LogP contribution in [0.5, 0.6) is 5.75 Å². The van der Waals surface area contributed by atoms with E-state index in [0.29, 0.717) is 6.54 Å². The van der Waals surface area contributed by atoms with Gasteiger partial charge in [0.05, 0.1) is 13.7 Å². The molecule has 0 aliphatic rings. The molecule has 120 valence electrons. The minimum atomic E-state index is 0. The number of nitrogens with zero attached hydrogens (tertiary/aromatic N) is 1. The van der Waals surface area contributed by atoms with Crippen LogP contribution in [0.1, 0.15) is 38.7 Å². The van der Waals surface area contributed by atoms with Gasteiger partial charge in [-0.25, -0.2) is 4.99 Å². The van der Waals surface area contributed by atoms with E-state index in [4.69, 9.17) is 4.74 Å². The molecule has 4 nitrogen and oxygen atoms in total. The van der Waals surface area contributed by atoms with Gasteiger partial charge in [-0.15, -0.1) is 24.0 Å². The highest BCUT2D eigenvalue weighted by Crippen LogP contribution is 2.17. The molecule has 5 heteroatoms. The molecule has 0 aliphatic carbocycles. The van der Waals surface area contributed by atoms with E-state index in [-0.39, 0.29) is 24.0 Å². The zero-order valence-corrected chi connectivity index (χ0v) is 15.6. The number of ether oxygens (including phenoxy) is 1. The van der Waals surface area contributed by atoms with Crippen LogP contribution in [-0.2, 0) is 6.54 Å². The standard InChI is InChI=1S/C16H27N3O.HI/c1-4-6-9-12-18-16(17-5-2)19-13-14-10-7-8-11-15(14)20-3;/h7-8,10-11H,4-6,9,12-13H2,1-3H3,(H2,17,18,19);1H. The quantitative estimate of drug-likeness (QED) is 0.301. The summed E-state index contributed by atoms with van der Waals surface area (Å²) < 4.78 is 5.34. The molecule has 0 radical (unpaired) electrons. The average Bonchev–Trinajstić information content (AvgIpc) is 2.49. The van der Waals surface area contributed by atoms with Crippen LogP contribution in [0, 0.1) is 0 Å². The molecule has 0 aliphatic heterocycles. The number of aliphatic imine (C=N–C) groups is 1. The summed E-state index contributed by atoms with van der Waals surface area (Å²) >= 11 is 0. The molecule has 0 spiro atoms. The molecule has 0 heterocycles. The van der Waals surface area contributed by atoms with Crippen molar-refractivity contribution in [3.63, 3.8) is 0 Å². The number of hydrogen-bond donors (Lipinski definition) is 2. The monoisotopic (exact) mass is 405 g/mol. The van der Waals surface area contributed by atoms with Crippen molar-refractivity contribution in [2.45, 2.75) is 39.7 Å². The first-order chi connectivity index (χ1) is 9.81. The van der Waals surface area contributed by atoms with Gasteiger partial charge in [-0.2, -0.15) is 0 Å². The highest BCUT2D eigenvalue weighted by molar-refractivity contribution is 14.0. The van der Waals surface area contributed by atoms with E-state index in [1.54, 1.807) is 7.11 Å². The molecule has 21 heavy (non-hydrogen) atoms. The van der Waals surface area contributed by atoms with Crippen LogP contribution >= 0.6 is 24.0 Å². The van der Waals surface area contributed by atoms with Crippen LogP contribution < -0.4 is 15.4 Å². The third-order valence-corrected chi connectivity index (χ3v) is 3.02. The van der Waals surface area contributed by atoms with E-state index < -0.39 is 0 Å². The maximum Gasteiger partial charge on any atom is 0.191 e. The molecule has 1 aromatic rings. The molecule has 0 atom stereocenters. The zero-order valence-electron chi connectivity index (χ0n) is 13.3. The van der Waals surface area contributed by atoms with Crippen LogP contribution in [0.2, 0.25) is 0 Å². The zero-order chi connectivity index (χ0) is 14.6. The van der Waals surface area contributed by atoms with Gasteiger partial charge in [0.25, 0.3) is 0 Å². The second-order valence-corrected chi connectivity index (χ2v) is 4.64. The van der Waals surface area contributed by atoms with Crippen molar-refractivity contribution in [3.05, 3.63) is 29.8 Å². The minimum Gasteiger partial charge on any atom is -0.496 e. The van der Waals surface area contributed by atoms with Gasteiger partial charge in [0.15, 0.2) is 5.96 Å². The first kappa shape index (κ1) is 20.0. The lowest BCUT2D eigenvalue weighted by Gasteiger charge is -2.12. The van der Waals surface area contributed by atoms with Crippen molar-refractivity contribution in [3.8, 4) is 5.75 Å². The van der Waals surface area contributed by atoms with E-state index in [1.165, 1.54) is 19.3 Å². The third kappa shape index (κ3) is 8.14. The lowest BCUT2D eigenvalue weighted by atomic mass is 10.2. The Bertz CT molecular complexity index is 410. The maximum absolute atomic E-state index is 5.34. The van der Waals surface area contributed by atoms with Gasteiger partial charge in [-0.3, -0.25) is 0 Å². The summed E-state index contributed by atoms with van der Waals surface area (Å²) in [7, 11) is 1.69. The van der Waals surface area contributed by atoms with E-state index in [2.05, 4.69) is 29.5 Å². The summed E-state index contributed by atoms with van der Waals surface area (Å²) in [5.74, 6) is 1.76. The van der Waals surface area contributed by atoms with E-state index >= 15 is 0 Å². The highest BCUT2D eigenvalue weighted by atomic mass is 127. The van der Waals surface area contributed by atoms with Gasteiger partial charge < -0.3 is 15.4 Å². The Labute approximate surface area is 145 Å². The highest BCUT2D eigenvalue weighted by Gasteiger charge is 2.01. The van der Waals surface area contributed by atoms with Gasteiger partial charge in [0.2, 0.25) is 0 Å². The Kier molecular flexibility index (Phi) is 12.1. The predicted octanol–water partition coefficient (Wildman–Crippen LogP) is 3.56. The summed E-state index contributed by atoms with van der Waals surface area (Å²) in [5.41, 5.74) is 1.10. The Morgan fingerprint density at radius 2 is 1.90 bits per heavy atom. The number of guanidine groups is 1. The smallest absolute Gasteiger partial charge is 0.191 e. The number of rotatable bonds is 8. The summed E-state index contributed by atoms with van der Waals surface area (Å²) in [6, 6.07) is 7.99. The van der Waals surface area contributed by atoms with Gasteiger partial charge in [-0.1, -0.05) is 38.0 Å². The Hall–Kier alpha value is -0.980.